The van der Waals surface area contributed by atoms with Crippen molar-refractivity contribution in [2.45, 2.75) is 34.1 Å². The summed E-state index contributed by atoms with van der Waals surface area (Å²) >= 11 is 0. The molecule has 0 atom stereocenters. The summed E-state index contributed by atoms with van der Waals surface area (Å²) in [6.07, 6.45) is 1.74. The smallest absolute Gasteiger partial charge is 0.330 e. The average Bonchev–Trinajstić information content (AvgIpc) is 2.81. The number of rotatable bonds is 12. The van der Waals surface area contributed by atoms with Gasteiger partial charge in [0.2, 0.25) is 0 Å². The molecule has 0 saturated heterocycles. The molecule has 2 aromatic rings. The fourth-order valence-electron chi connectivity index (χ4n) is 3.82. The van der Waals surface area contributed by atoms with Crippen LogP contribution in [0.2, 0.25) is 0 Å². The number of ketones is 1. The molecule has 0 saturated carbocycles. The highest BCUT2D eigenvalue weighted by Gasteiger charge is 2.25. The summed E-state index contributed by atoms with van der Waals surface area (Å²) in [7, 11) is 0. The number of anilines is 2. The molecule has 0 aliphatic rings. The van der Waals surface area contributed by atoms with Crippen molar-refractivity contribution >= 4 is 23.1 Å². The molecule has 0 fully saturated rings. The van der Waals surface area contributed by atoms with Crippen LogP contribution in [0.5, 0.6) is 0 Å². The predicted molar refractivity (Wildman–Crippen MR) is 128 cm³/mol. The van der Waals surface area contributed by atoms with E-state index in [-0.39, 0.29) is 12.4 Å². The fourth-order valence-corrected chi connectivity index (χ4v) is 3.82. The highest BCUT2D eigenvalue weighted by molar-refractivity contribution is 6.14. The third-order valence-electron chi connectivity index (χ3n) is 5.46. The summed E-state index contributed by atoms with van der Waals surface area (Å²) in [6.45, 7) is 15.3. The van der Waals surface area contributed by atoms with E-state index >= 15 is 0 Å². The first-order chi connectivity index (χ1) is 15.0. The summed E-state index contributed by atoms with van der Waals surface area (Å²) in [6, 6.07) is 13.3. The number of carbonyl (C=O) groups is 2. The number of hydrogen-bond donors (Lipinski definition) is 0. The molecule has 0 heterocycles. The molecular weight excluding hydrogens is 388 g/mol. The first-order valence-corrected chi connectivity index (χ1v) is 11.1. The lowest BCUT2D eigenvalue weighted by atomic mass is 9.95. The SMILES string of the molecule is C=CC(=O)OCCc1ccc(C(=O)c2ccccc2)c(N(CC)CC)c1N(CC)CC. The Morgan fingerprint density at radius 1 is 0.871 bits per heavy atom. The fraction of sp³-hybridized carbons (Fsp3) is 0.385. The van der Waals surface area contributed by atoms with Crippen molar-refractivity contribution in [2.75, 3.05) is 42.6 Å². The highest BCUT2D eigenvalue weighted by atomic mass is 16.5. The molecule has 0 spiro atoms. The number of carbonyl (C=O) groups excluding carboxylic acids is 2. The number of hydrogen-bond acceptors (Lipinski definition) is 5. The van der Waals surface area contributed by atoms with Crippen molar-refractivity contribution < 1.29 is 14.3 Å². The molecule has 5 nitrogen and oxygen atoms in total. The van der Waals surface area contributed by atoms with E-state index in [1.165, 1.54) is 6.08 Å². The van der Waals surface area contributed by atoms with E-state index in [1.54, 1.807) is 0 Å². The molecule has 166 valence electrons. The van der Waals surface area contributed by atoms with Gasteiger partial charge in [-0.1, -0.05) is 43.0 Å². The molecule has 0 radical (unpaired) electrons. The largest absolute Gasteiger partial charge is 0.462 e. The van der Waals surface area contributed by atoms with E-state index in [1.807, 2.05) is 42.5 Å². The molecule has 0 aliphatic heterocycles. The Kier molecular flexibility index (Phi) is 9.32. The maximum Gasteiger partial charge on any atom is 0.330 e. The lowest BCUT2D eigenvalue weighted by Gasteiger charge is -2.34. The van der Waals surface area contributed by atoms with Gasteiger partial charge in [0.1, 0.15) is 0 Å². The van der Waals surface area contributed by atoms with Crippen LogP contribution < -0.4 is 9.80 Å². The van der Waals surface area contributed by atoms with Crippen molar-refractivity contribution in [3.8, 4) is 0 Å². The van der Waals surface area contributed by atoms with Crippen molar-refractivity contribution in [1.82, 2.24) is 0 Å². The van der Waals surface area contributed by atoms with Crippen molar-refractivity contribution in [2.24, 2.45) is 0 Å². The second kappa shape index (κ2) is 11.9. The van der Waals surface area contributed by atoms with E-state index < -0.39 is 5.97 Å². The van der Waals surface area contributed by atoms with Gasteiger partial charge in [0.05, 0.1) is 18.0 Å². The van der Waals surface area contributed by atoms with Crippen LogP contribution in [0.4, 0.5) is 11.4 Å². The topological polar surface area (TPSA) is 49.9 Å². The van der Waals surface area contributed by atoms with Crippen LogP contribution in [-0.4, -0.2) is 44.5 Å². The Hall–Kier alpha value is -3.08. The molecule has 2 aromatic carbocycles. The Morgan fingerprint density at radius 3 is 2.00 bits per heavy atom. The number of benzene rings is 2. The Balaban J connectivity index is 2.65. The molecule has 31 heavy (non-hydrogen) atoms. The van der Waals surface area contributed by atoms with Gasteiger partial charge >= 0.3 is 5.97 Å². The van der Waals surface area contributed by atoms with Crippen LogP contribution in [0, 0.1) is 0 Å². The van der Waals surface area contributed by atoms with Gasteiger partial charge in [-0.3, -0.25) is 4.79 Å². The minimum Gasteiger partial charge on any atom is -0.462 e. The summed E-state index contributed by atoms with van der Waals surface area (Å²) in [4.78, 5) is 29.5. The van der Waals surface area contributed by atoms with Gasteiger partial charge in [-0.05, 0) is 39.3 Å². The zero-order valence-electron chi connectivity index (χ0n) is 19.2. The summed E-state index contributed by atoms with van der Waals surface area (Å²) in [5.41, 5.74) is 4.44. The van der Waals surface area contributed by atoms with Gasteiger partial charge in [-0.25, -0.2) is 4.79 Å². The van der Waals surface area contributed by atoms with Gasteiger partial charge in [0, 0.05) is 49.8 Å². The molecule has 0 aromatic heterocycles. The standard InChI is InChI=1S/C26H34N2O3/c1-6-23(29)31-19-18-20-16-17-22(26(30)21-14-12-11-13-15-21)25(28(9-4)10-5)24(20)27(7-2)8-3/h6,11-17H,1,7-10,18-19H2,2-5H3. The number of ether oxygens (including phenoxy) is 1. The molecule has 0 N–H and O–H groups in total. The Labute approximate surface area is 186 Å². The van der Waals surface area contributed by atoms with Crippen molar-refractivity contribution in [3.05, 3.63) is 71.8 Å². The van der Waals surface area contributed by atoms with Crippen LogP contribution in [-0.2, 0) is 16.0 Å². The number of nitrogens with zero attached hydrogens (tertiary/aromatic N) is 2. The van der Waals surface area contributed by atoms with Crippen LogP contribution >= 0.6 is 0 Å². The maximum absolute atomic E-state index is 13.5. The van der Waals surface area contributed by atoms with Crippen LogP contribution in [0.1, 0.15) is 49.2 Å². The minimum atomic E-state index is -0.427. The number of esters is 1. The van der Waals surface area contributed by atoms with Gasteiger partial charge in [-0.2, -0.15) is 0 Å². The van der Waals surface area contributed by atoms with Gasteiger partial charge in [-0.15, -0.1) is 0 Å². The monoisotopic (exact) mass is 422 g/mol. The normalized spacial score (nSPS) is 10.5. The summed E-state index contributed by atoms with van der Waals surface area (Å²) < 4.78 is 5.24. The zero-order valence-corrected chi connectivity index (χ0v) is 19.2. The molecule has 0 amide bonds. The van der Waals surface area contributed by atoms with Gasteiger partial charge < -0.3 is 14.5 Å². The first-order valence-electron chi connectivity index (χ1n) is 11.1. The second-order valence-corrected chi connectivity index (χ2v) is 7.13. The molecule has 0 bridgehead atoms. The van der Waals surface area contributed by atoms with Crippen LogP contribution in [0.25, 0.3) is 0 Å². The lowest BCUT2D eigenvalue weighted by molar-refractivity contribution is -0.137. The lowest BCUT2D eigenvalue weighted by Crippen LogP contribution is -2.31. The van der Waals surface area contributed by atoms with Crippen LogP contribution in [0.3, 0.4) is 0 Å². The molecule has 5 heteroatoms. The molecule has 0 aliphatic carbocycles. The zero-order chi connectivity index (χ0) is 22.8. The van der Waals surface area contributed by atoms with E-state index in [2.05, 4.69) is 44.1 Å². The van der Waals surface area contributed by atoms with E-state index in [0.29, 0.717) is 17.5 Å². The Morgan fingerprint density at radius 2 is 1.45 bits per heavy atom. The van der Waals surface area contributed by atoms with Crippen molar-refractivity contribution in [3.63, 3.8) is 0 Å². The van der Waals surface area contributed by atoms with Gasteiger partial charge in [0.15, 0.2) is 5.78 Å². The third kappa shape index (κ3) is 5.75. The molecule has 0 unspecified atom stereocenters. The maximum atomic E-state index is 13.5. The molecule has 2 rings (SSSR count). The quantitative estimate of drug-likeness (QED) is 0.277. The summed E-state index contributed by atoms with van der Waals surface area (Å²) in [5, 5.41) is 0. The van der Waals surface area contributed by atoms with E-state index in [9.17, 15) is 9.59 Å². The van der Waals surface area contributed by atoms with Crippen LogP contribution in [0.15, 0.2) is 55.1 Å². The summed E-state index contributed by atoms with van der Waals surface area (Å²) in [5.74, 6) is -0.412. The minimum absolute atomic E-state index is 0.0144. The third-order valence-corrected chi connectivity index (χ3v) is 5.46. The van der Waals surface area contributed by atoms with Gasteiger partial charge in [0.25, 0.3) is 0 Å². The second-order valence-electron chi connectivity index (χ2n) is 7.13. The highest BCUT2D eigenvalue weighted by Crippen LogP contribution is 2.38. The predicted octanol–water partition coefficient (Wildman–Crippen LogP) is 4.88. The van der Waals surface area contributed by atoms with E-state index in [4.69, 9.17) is 4.74 Å². The molecular formula is C26H34N2O3. The van der Waals surface area contributed by atoms with E-state index in [0.717, 1.165) is 43.1 Å². The van der Waals surface area contributed by atoms with Crippen molar-refractivity contribution in [1.29, 1.82) is 0 Å². The Bertz CT molecular complexity index is 885. The average molecular weight is 423 g/mol. The first kappa shape index (κ1) is 24.2.